The van der Waals surface area contributed by atoms with Crippen LogP contribution >= 0.6 is 11.3 Å². The first-order chi connectivity index (χ1) is 15.0. The average Bonchev–Trinajstić information content (AvgIpc) is 3.24. The van der Waals surface area contributed by atoms with Crippen LogP contribution in [0.15, 0.2) is 45.3 Å². The number of carbonyl (C=O) groups excluding carboxylic acids is 2. The van der Waals surface area contributed by atoms with Crippen LogP contribution in [0, 0.1) is 0 Å². The average molecular weight is 441 g/mol. The molecule has 1 atom stereocenters. The van der Waals surface area contributed by atoms with Gasteiger partial charge in [-0.3, -0.25) is 19.0 Å². The number of hydrogen-bond acceptors (Lipinski definition) is 5. The van der Waals surface area contributed by atoms with Gasteiger partial charge in [-0.2, -0.15) is 0 Å². The van der Waals surface area contributed by atoms with Crippen molar-refractivity contribution in [2.24, 2.45) is 0 Å². The Kier molecular flexibility index (Phi) is 6.03. The Balaban J connectivity index is 1.49. The lowest BCUT2D eigenvalue weighted by Gasteiger charge is -2.31. The number of rotatable bonds is 6. The zero-order valence-corrected chi connectivity index (χ0v) is 18.0. The van der Waals surface area contributed by atoms with E-state index in [4.69, 9.17) is 0 Å². The number of amides is 2. The SMILES string of the molecule is CCCC(NC(=O)Cn1c(=O)[nH]c2ccccc2c1=O)C(=O)N1CCc2sccc2C1. The summed E-state index contributed by atoms with van der Waals surface area (Å²) in [7, 11) is 0. The predicted octanol–water partition coefficient (Wildman–Crippen LogP) is 1.62. The molecule has 0 aliphatic carbocycles. The fourth-order valence-corrected chi connectivity index (χ4v) is 4.82. The molecule has 1 aliphatic heterocycles. The van der Waals surface area contributed by atoms with Gasteiger partial charge in [0.2, 0.25) is 11.8 Å². The molecule has 2 aromatic heterocycles. The van der Waals surface area contributed by atoms with Gasteiger partial charge in [-0.15, -0.1) is 11.3 Å². The number of nitrogens with one attached hydrogen (secondary N) is 2. The Hall–Kier alpha value is -3.20. The normalized spacial score (nSPS) is 14.3. The van der Waals surface area contributed by atoms with Gasteiger partial charge in [0.05, 0.1) is 10.9 Å². The molecular weight excluding hydrogens is 416 g/mol. The lowest BCUT2D eigenvalue weighted by Crippen LogP contribution is -2.51. The zero-order chi connectivity index (χ0) is 22.0. The molecule has 0 bridgehead atoms. The number of fused-ring (bicyclic) bond motifs is 2. The minimum atomic E-state index is -0.687. The quantitative estimate of drug-likeness (QED) is 0.608. The van der Waals surface area contributed by atoms with Gasteiger partial charge in [0, 0.05) is 18.0 Å². The molecule has 0 spiro atoms. The van der Waals surface area contributed by atoms with E-state index in [-0.39, 0.29) is 5.91 Å². The van der Waals surface area contributed by atoms with Crippen molar-refractivity contribution in [2.45, 2.75) is 45.3 Å². The van der Waals surface area contributed by atoms with Crippen LogP contribution in [-0.4, -0.2) is 38.9 Å². The summed E-state index contributed by atoms with van der Waals surface area (Å²) in [5.74, 6) is -0.672. The van der Waals surface area contributed by atoms with Gasteiger partial charge >= 0.3 is 5.69 Å². The highest BCUT2D eigenvalue weighted by molar-refractivity contribution is 7.10. The van der Waals surface area contributed by atoms with Crippen LogP contribution in [-0.2, 0) is 29.1 Å². The monoisotopic (exact) mass is 440 g/mol. The molecule has 0 saturated carbocycles. The van der Waals surface area contributed by atoms with E-state index >= 15 is 0 Å². The number of aromatic nitrogens is 2. The van der Waals surface area contributed by atoms with E-state index < -0.39 is 29.7 Å². The molecule has 2 amide bonds. The number of benzene rings is 1. The van der Waals surface area contributed by atoms with Crippen LogP contribution in [0.2, 0.25) is 0 Å². The molecule has 0 fully saturated rings. The van der Waals surface area contributed by atoms with E-state index in [1.54, 1.807) is 40.5 Å². The van der Waals surface area contributed by atoms with E-state index in [0.29, 0.717) is 36.8 Å². The van der Waals surface area contributed by atoms with Gasteiger partial charge in [0.25, 0.3) is 5.56 Å². The van der Waals surface area contributed by atoms with Crippen LogP contribution in [0.25, 0.3) is 10.9 Å². The summed E-state index contributed by atoms with van der Waals surface area (Å²) in [6.07, 6.45) is 2.01. The van der Waals surface area contributed by atoms with Crippen LogP contribution < -0.4 is 16.6 Å². The van der Waals surface area contributed by atoms with Crippen molar-refractivity contribution in [1.82, 2.24) is 19.8 Å². The highest BCUT2D eigenvalue weighted by Gasteiger charge is 2.28. The maximum atomic E-state index is 13.1. The fraction of sp³-hybridized carbons (Fsp3) is 0.364. The summed E-state index contributed by atoms with van der Waals surface area (Å²) < 4.78 is 0.865. The van der Waals surface area contributed by atoms with Crippen molar-refractivity contribution in [3.63, 3.8) is 0 Å². The molecule has 1 aliphatic rings. The fourth-order valence-electron chi connectivity index (χ4n) is 3.93. The molecule has 3 aromatic rings. The van der Waals surface area contributed by atoms with Crippen LogP contribution in [0.1, 0.15) is 30.2 Å². The Morgan fingerprint density at radius 1 is 1.23 bits per heavy atom. The minimum absolute atomic E-state index is 0.133. The van der Waals surface area contributed by atoms with Crippen molar-refractivity contribution in [2.75, 3.05) is 6.54 Å². The topological polar surface area (TPSA) is 104 Å². The minimum Gasteiger partial charge on any atom is -0.343 e. The highest BCUT2D eigenvalue weighted by atomic mass is 32.1. The molecule has 1 aromatic carbocycles. The first kappa shape index (κ1) is 21.0. The number of H-pyrrole nitrogens is 1. The first-order valence-corrected chi connectivity index (χ1v) is 11.2. The van der Waals surface area contributed by atoms with Crippen molar-refractivity contribution < 1.29 is 9.59 Å². The summed E-state index contributed by atoms with van der Waals surface area (Å²) in [5, 5.41) is 5.10. The van der Waals surface area contributed by atoms with Gasteiger partial charge in [-0.05, 0) is 42.0 Å². The maximum absolute atomic E-state index is 13.1. The number of para-hydroxylation sites is 1. The third kappa shape index (κ3) is 4.32. The number of carbonyl (C=O) groups is 2. The molecule has 4 rings (SSSR count). The van der Waals surface area contributed by atoms with E-state index in [9.17, 15) is 19.2 Å². The third-order valence-corrected chi connectivity index (χ3v) is 6.54. The second-order valence-corrected chi connectivity index (χ2v) is 8.66. The van der Waals surface area contributed by atoms with Crippen molar-refractivity contribution >= 4 is 34.1 Å². The van der Waals surface area contributed by atoms with E-state index in [1.165, 1.54) is 4.88 Å². The van der Waals surface area contributed by atoms with Gasteiger partial charge < -0.3 is 15.2 Å². The van der Waals surface area contributed by atoms with Gasteiger partial charge in [0.15, 0.2) is 0 Å². The van der Waals surface area contributed by atoms with Crippen LogP contribution in [0.3, 0.4) is 0 Å². The van der Waals surface area contributed by atoms with E-state index in [0.717, 1.165) is 16.6 Å². The van der Waals surface area contributed by atoms with Crippen molar-refractivity contribution in [1.29, 1.82) is 0 Å². The predicted molar refractivity (Wildman–Crippen MR) is 119 cm³/mol. The van der Waals surface area contributed by atoms with Crippen molar-refractivity contribution in [3.05, 3.63) is 67.0 Å². The number of aromatic amines is 1. The Bertz CT molecular complexity index is 1240. The maximum Gasteiger partial charge on any atom is 0.329 e. The smallest absolute Gasteiger partial charge is 0.329 e. The molecule has 8 nitrogen and oxygen atoms in total. The van der Waals surface area contributed by atoms with Crippen molar-refractivity contribution in [3.8, 4) is 0 Å². The summed E-state index contributed by atoms with van der Waals surface area (Å²) in [4.78, 5) is 56.5. The Labute approximate surface area is 182 Å². The molecule has 0 radical (unpaired) electrons. The molecule has 9 heteroatoms. The molecular formula is C22H24N4O4S. The summed E-state index contributed by atoms with van der Waals surface area (Å²) in [5.41, 5.74) is 0.388. The number of hydrogen-bond donors (Lipinski definition) is 2. The highest BCUT2D eigenvalue weighted by Crippen LogP contribution is 2.24. The number of nitrogens with zero attached hydrogens (tertiary/aromatic N) is 2. The Morgan fingerprint density at radius 2 is 2.03 bits per heavy atom. The van der Waals surface area contributed by atoms with Crippen LogP contribution in [0.5, 0.6) is 0 Å². The van der Waals surface area contributed by atoms with Crippen LogP contribution in [0.4, 0.5) is 0 Å². The van der Waals surface area contributed by atoms with Gasteiger partial charge in [0.1, 0.15) is 12.6 Å². The third-order valence-electron chi connectivity index (χ3n) is 5.52. The molecule has 3 heterocycles. The largest absolute Gasteiger partial charge is 0.343 e. The summed E-state index contributed by atoms with van der Waals surface area (Å²) in [6, 6.07) is 7.99. The first-order valence-electron chi connectivity index (χ1n) is 10.3. The molecule has 2 N–H and O–H groups in total. The number of thiophene rings is 1. The van der Waals surface area contributed by atoms with E-state index in [1.807, 2.05) is 18.4 Å². The zero-order valence-electron chi connectivity index (χ0n) is 17.2. The van der Waals surface area contributed by atoms with Gasteiger partial charge in [-0.25, -0.2) is 4.79 Å². The molecule has 31 heavy (non-hydrogen) atoms. The Morgan fingerprint density at radius 3 is 2.84 bits per heavy atom. The second-order valence-electron chi connectivity index (χ2n) is 7.65. The molecule has 162 valence electrons. The lowest BCUT2D eigenvalue weighted by atomic mass is 10.1. The lowest BCUT2D eigenvalue weighted by molar-refractivity contribution is -0.137. The molecule has 1 unspecified atom stereocenters. The molecule has 0 saturated heterocycles. The summed E-state index contributed by atoms with van der Waals surface area (Å²) >= 11 is 1.70. The van der Waals surface area contributed by atoms with Gasteiger partial charge in [-0.1, -0.05) is 25.5 Å². The summed E-state index contributed by atoms with van der Waals surface area (Å²) in [6.45, 7) is 2.66. The standard InChI is InChI=1S/C22H24N4O4S/c1-2-5-17(21(29)25-10-8-18-14(12-25)9-11-31-18)23-19(27)13-26-20(28)15-6-3-4-7-16(15)24-22(26)30/h3-4,6-7,9,11,17H,2,5,8,10,12-13H2,1H3,(H,23,27)(H,24,30). The van der Waals surface area contributed by atoms with E-state index in [2.05, 4.69) is 10.3 Å². The second kappa shape index (κ2) is 8.89.